The fourth-order valence-corrected chi connectivity index (χ4v) is 5.51. The maximum absolute atomic E-state index is 13.0. The highest BCUT2D eigenvalue weighted by Crippen LogP contribution is 2.41. The van der Waals surface area contributed by atoms with Gasteiger partial charge in [-0.05, 0) is 57.4 Å². The third-order valence-electron chi connectivity index (χ3n) is 5.81. The van der Waals surface area contributed by atoms with E-state index >= 15 is 0 Å². The van der Waals surface area contributed by atoms with Gasteiger partial charge in [0.1, 0.15) is 5.00 Å². The third kappa shape index (κ3) is 4.71. The normalized spacial score (nSPS) is 23.5. The van der Waals surface area contributed by atoms with Crippen LogP contribution >= 0.6 is 11.3 Å². The van der Waals surface area contributed by atoms with E-state index in [2.05, 4.69) is 12.2 Å². The van der Waals surface area contributed by atoms with Crippen LogP contribution in [0.1, 0.15) is 67.3 Å². The number of allylic oxidation sites excluding steroid dienone is 2. The number of hydrogen-bond donors (Lipinski definition) is 2. The van der Waals surface area contributed by atoms with Crippen molar-refractivity contribution in [3.63, 3.8) is 0 Å². The lowest BCUT2D eigenvalue weighted by Crippen LogP contribution is -2.34. The van der Waals surface area contributed by atoms with Crippen molar-refractivity contribution in [2.45, 2.75) is 65.4 Å². The number of carboxylic acid groups (broad SMARTS) is 1. The molecule has 0 fully saturated rings. The van der Waals surface area contributed by atoms with Gasteiger partial charge >= 0.3 is 11.9 Å². The molecular weight excluding hydrogens is 390 g/mol. The van der Waals surface area contributed by atoms with E-state index in [9.17, 15) is 19.5 Å². The molecule has 1 aromatic rings. The predicted molar refractivity (Wildman–Crippen MR) is 112 cm³/mol. The highest BCUT2D eigenvalue weighted by Gasteiger charge is 2.36. The molecule has 0 saturated heterocycles. The van der Waals surface area contributed by atoms with E-state index in [0.29, 0.717) is 29.3 Å². The number of carbonyl (C=O) groups excluding carboxylic acids is 2. The van der Waals surface area contributed by atoms with Crippen LogP contribution in [0, 0.1) is 17.8 Å². The molecule has 0 unspecified atom stereocenters. The Labute approximate surface area is 175 Å². The summed E-state index contributed by atoms with van der Waals surface area (Å²) in [6.45, 7) is 5.77. The average molecular weight is 420 g/mol. The molecule has 7 heteroatoms. The van der Waals surface area contributed by atoms with Crippen LogP contribution in [0.3, 0.4) is 0 Å². The summed E-state index contributed by atoms with van der Waals surface area (Å²) in [5.41, 5.74) is 1.44. The molecule has 29 heavy (non-hydrogen) atoms. The lowest BCUT2D eigenvalue weighted by molar-refractivity contribution is -0.146. The van der Waals surface area contributed by atoms with E-state index in [1.807, 2.05) is 12.2 Å². The minimum Gasteiger partial charge on any atom is -0.481 e. The fourth-order valence-electron chi connectivity index (χ4n) is 4.16. The van der Waals surface area contributed by atoms with E-state index in [0.717, 1.165) is 36.1 Å². The van der Waals surface area contributed by atoms with Crippen molar-refractivity contribution in [1.82, 2.24) is 0 Å². The molecule has 0 saturated carbocycles. The lowest BCUT2D eigenvalue weighted by Gasteiger charge is -2.24. The van der Waals surface area contributed by atoms with Gasteiger partial charge in [-0.2, -0.15) is 0 Å². The largest absolute Gasteiger partial charge is 0.481 e. The number of anilines is 1. The summed E-state index contributed by atoms with van der Waals surface area (Å²) in [5, 5.41) is 12.9. The molecule has 0 spiro atoms. The molecule has 1 aromatic heterocycles. The number of hydrogen-bond acceptors (Lipinski definition) is 5. The quantitative estimate of drug-likeness (QED) is 0.525. The summed E-state index contributed by atoms with van der Waals surface area (Å²) in [6, 6.07) is 0. The SMILES string of the molecule is CC[C@@H]1CCc2c(sc(NC(=O)[C@@H]3CC=CC[C@H]3C(=O)O)c2C(=O)OC(C)C)C1. The van der Waals surface area contributed by atoms with E-state index in [-0.39, 0.29) is 12.0 Å². The molecule has 0 aromatic carbocycles. The van der Waals surface area contributed by atoms with E-state index in [1.54, 1.807) is 13.8 Å². The Hall–Kier alpha value is -2.15. The zero-order chi connectivity index (χ0) is 21.1. The molecule has 1 amide bonds. The molecule has 6 nitrogen and oxygen atoms in total. The molecule has 0 radical (unpaired) electrons. The maximum Gasteiger partial charge on any atom is 0.341 e. The average Bonchev–Trinajstić information content (AvgIpc) is 3.04. The summed E-state index contributed by atoms with van der Waals surface area (Å²) in [4.78, 5) is 38.5. The van der Waals surface area contributed by atoms with Crippen molar-refractivity contribution in [3.8, 4) is 0 Å². The Kier molecular flexibility index (Phi) is 6.77. The zero-order valence-corrected chi connectivity index (χ0v) is 18.0. The first-order valence-corrected chi connectivity index (χ1v) is 11.2. The molecular formula is C22H29NO5S. The molecule has 0 aliphatic heterocycles. The van der Waals surface area contributed by atoms with Crippen molar-refractivity contribution < 1.29 is 24.2 Å². The smallest absolute Gasteiger partial charge is 0.341 e. The number of fused-ring (bicyclic) bond motifs is 1. The Balaban J connectivity index is 1.90. The Bertz CT molecular complexity index is 825. The number of nitrogens with one attached hydrogen (secondary N) is 1. The molecule has 3 atom stereocenters. The van der Waals surface area contributed by atoms with Gasteiger partial charge in [-0.1, -0.05) is 25.5 Å². The van der Waals surface area contributed by atoms with Gasteiger partial charge in [-0.25, -0.2) is 4.79 Å². The zero-order valence-electron chi connectivity index (χ0n) is 17.2. The molecule has 3 rings (SSSR count). The van der Waals surface area contributed by atoms with Crippen molar-refractivity contribution in [2.75, 3.05) is 5.32 Å². The van der Waals surface area contributed by atoms with E-state index in [1.165, 1.54) is 11.3 Å². The molecule has 2 aliphatic carbocycles. The van der Waals surface area contributed by atoms with Gasteiger partial charge in [0, 0.05) is 4.88 Å². The van der Waals surface area contributed by atoms with Crippen LogP contribution in [0.2, 0.25) is 0 Å². The Morgan fingerprint density at radius 1 is 1.24 bits per heavy atom. The second-order valence-electron chi connectivity index (χ2n) is 8.16. The number of rotatable bonds is 6. The van der Waals surface area contributed by atoms with Crippen molar-refractivity contribution in [1.29, 1.82) is 0 Å². The van der Waals surface area contributed by atoms with Crippen LogP contribution in [0.15, 0.2) is 12.2 Å². The van der Waals surface area contributed by atoms with Crippen LogP contribution in [-0.4, -0.2) is 29.1 Å². The van der Waals surface area contributed by atoms with Gasteiger partial charge in [0.2, 0.25) is 5.91 Å². The molecule has 158 valence electrons. The number of esters is 1. The lowest BCUT2D eigenvalue weighted by atomic mass is 9.82. The van der Waals surface area contributed by atoms with Crippen LogP contribution in [-0.2, 0) is 27.2 Å². The van der Waals surface area contributed by atoms with E-state index in [4.69, 9.17) is 4.74 Å². The van der Waals surface area contributed by atoms with Gasteiger partial charge < -0.3 is 15.2 Å². The number of carbonyl (C=O) groups is 3. The minimum absolute atomic E-state index is 0.256. The number of amides is 1. The van der Waals surface area contributed by atoms with Gasteiger partial charge in [0.25, 0.3) is 0 Å². The van der Waals surface area contributed by atoms with Gasteiger partial charge in [-0.3, -0.25) is 9.59 Å². The second kappa shape index (κ2) is 9.11. The molecule has 0 bridgehead atoms. The standard InChI is InChI=1S/C22H29NO5S/c1-4-13-9-10-16-17(11-13)29-20(18(16)22(27)28-12(2)3)23-19(24)14-7-5-6-8-15(14)21(25)26/h5-6,12-15H,4,7-11H2,1-3H3,(H,23,24)(H,25,26)/t13-,14-,15-/m1/s1. The topological polar surface area (TPSA) is 92.7 Å². The van der Waals surface area contributed by atoms with Crippen molar-refractivity contribution in [3.05, 3.63) is 28.2 Å². The first-order chi connectivity index (χ1) is 13.8. The summed E-state index contributed by atoms with van der Waals surface area (Å²) in [7, 11) is 0. The van der Waals surface area contributed by atoms with Crippen LogP contribution in [0.25, 0.3) is 0 Å². The summed E-state index contributed by atoms with van der Waals surface area (Å²) in [6.07, 6.45) is 7.93. The van der Waals surface area contributed by atoms with Crippen LogP contribution in [0.4, 0.5) is 5.00 Å². The maximum atomic E-state index is 13.0. The highest BCUT2D eigenvalue weighted by molar-refractivity contribution is 7.17. The number of aliphatic carboxylic acids is 1. The summed E-state index contributed by atoms with van der Waals surface area (Å²) >= 11 is 1.44. The Morgan fingerprint density at radius 2 is 1.93 bits per heavy atom. The number of carboxylic acids is 1. The monoisotopic (exact) mass is 419 g/mol. The van der Waals surface area contributed by atoms with Crippen LogP contribution < -0.4 is 5.32 Å². The summed E-state index contributed by atoms with van der Waals surface area (Å²) in [5.74, 6) is -2.53. The Morgan fingerprint density at radius 3 is 2.55 bits per heavy atom. The van der Waals surface area contributed by atoms with Crippen LogP contribution in [0.5, 0.6) is 0 Å². The summed E-state index contributed by atoms with van der Waals surface area (Å²) < 4.78 is 5.45. The van der Waals surface area contributed by atoms with Crippen molar-refractivity contribution in [2.24, 2.45) is 17.8 Å². The minimum atomic E-state index is -0.967. The molecule has 2 aliphatic rings. The first-order valence-electron chi connectivity index (χ1n) is 10.4. The van der Waals surface area contributed by atoms with Gasteiger partial charge in [-0.15, -0.1) is 11.3 Å². The second-order valence-corrected chi connectivity index (χ2v) is 9.27. The number of thiophene rings is 1. The van der Waals surface area contributed by atoms with Gasteiger partial charge in [0.05, 0.1) is 23.5 Å². The first kappa shape index (κ1) is 21.6. The molecule has 1 heterocycles. The number of ether oxygens (including phenoxy) is 1. The van der Waals surface area contributed by atoms with Crippen molar-refractivity contribution >= 4 is 34.2 Å². The molecule has 2 N–H and O–H groups in total. The predicted octanol–water partition coefficient (Wildman–Crippen LogP) is 4.43. The van der Waals surface area contributed by atoms with Gasteiger partial charge in [0.15, 0.2) is 0 Å². The third-order valence-corrected chi connectivity index (χ3v) is 6.98. The fraction of sp³-hybridized carbons (Fsp3) is 0.591. The highest BCUT2D eigenvalue weighted by atomic mass is 32.1. The van der Waals surface area contributed by atoms with E-state index < -0.39 is 23.8 Å².